The molecule has 27 heavy (non-hydrogen) atoms. The summed E-state index contributed by atoms with van der Waals surface area (Å²) in [6.07, 6.45) is 3.84. The molecular weight excluding hydrogens is 366 g/mol. The maximum Gasteiger partial charge on any atom is 0.251 e. The summed E-state index contributed by atoms with van der Waals surface area (Å²) in [7, 11) is -3.60. The van der Waals surface area contributed by atoms with Crippen LogP contribution in [0.15, 0.2) is 29.2 Å². The standard InChI is InChI=1S/C19H29N3O4S/c1-19(8-10-20-11-9-19)14-21-18(23)15-4-6-17(7-5-15)27(24,25)22-13-16-3-2-12-26-16/h4-7,16,20,22H,2-3,8-14H2,1H3,(H,21,23). The summed E-state index contributed by atoms with van der Waals surface area (Å²) >= 11 is 0. The van der Waals surface area contributed by atoms with Crippen LogP contribution in [0.1, 0.15) is 43.0 Å². The van der Waals surface area contributed by atoms with Crippen LogP contribution in [-0.2, 0) is 14.8 Å². The van der Waals surface area contributed by atoms with Crippen LogP contribution < -0.4 is 15.4 Å². The van der Waals surface area contributed by atoms with Crippen LogP contribution in [0.5, 0.6) is 0 Å². The Bertz CT molecular complexity index is 737. The lowest BCUT2D eigenvalue weighted by atomic mass is 9.81. The molecule has 2 fully saturated rings. The van der Waals surface area contributed by atoms with Gasteiger partial charge in [-0.2, -0.15) is 0 Å². The molecule has 0 radical (unpaired) electrons. The van der Waals surface area contributed by atoms with Crippen LogP contribution in [0.3, 0.4) is 0 Å². The molecule has 0 saturated carbocycles. The second-order valence-electron chi connectivity index (χ2n) is 7.75. The predicted molar refractivity (Wildman–Crippen MR) is 103 cm³/mol. The number of amides is 1. The van der Waals surface area contributed by atoms with E-state index in [0.717, 1.165) is 38.8 Å². The number of sulfonamides is 1. The molecule has 1 aromatic rings. The highest BCUT2D eigenvalue weighted by Gasteiger charge is 2.27. The fourth-order valence-corrected chi connectivity index (χ4v) is 4.55. The third-order valence-electron chi connectivity index (χ3n) is 5.44. The number of carbonyl (C=O) groups excluding carboxylic acids is 1. The van der Waals surface area contributed by atoms with Crippen molar-refractivity contribution in [3.8, 4) is 0 Å². The van der Waals surface area contributed by atoms with Gasteiger partial charge in [-0.15, -0.1) is 0 Å². The van der Waals surface area contributed by atoms with Gasteiger partial charge in [0.15, 0.2) is 0 Å². The number of nitrogens with one attached hydrogen (secondary N) is 3. The summed E-state index contributed by atoms with van der Waals surface area (Å²) in [6, 6.07) is 6.05. The van der Waals surface area contributed by atoms with Crippen molar-refractivity contribution in [2.45, 2.75) is 43.6 Å². The molecule has 1 amide bonds. The molecule has 8 heteroatoms. The first-order valence-electron chi connectivity index (χ1n) is 9.58. The first kappa shape index (κ1) is 20.3. The maximum atomic E-state index is 12.4. The van der Waals surface area contributed by atoms with E-state index in [9.17, 15) is 13.2 Å². The van der Waals surface area contributed by atoms with E-state index in [0.29, 0.717) is 18.7 Å². The highest BCUT2D eigenvalue weighted by molar-refractivity contribution is 7.89. The van der Waals surface area contributed by atoms with E-state index in [1.807, 2.05) is 0 Å². The minimum atomic E-state index is -3.60. The van der Waals surface area contributed by atoms with Crippen LogP contribution in [0.25, 0.3) is 0 Å². The molecule has 1 unspecified atom stereocenters. The number of hydrogen-bond acceptors (Lipinski definition) is 5. The molecule has 0 spiro atoms. The molecule has 2 aliphatic heterocycles. The molecule has 3 rings (SSSR count). The highest BCUT2D eigenvalue weighted by atomic mass is 32.2. The minimum absolute atomic E-state index is 0.0545. The molecule has 0 aromatic heterocycles. The fraction of sp³-hybridized carbons (Fsp3) is 0.632. The van der Waals surface area contributed by atoms with Crippen molar-refractivity contribution in [1.82, 2.24) is 15.4 Å². The lowest BCUT2D eigenvalue weighted by molar-refractivity contribution is 0.0922. The quantitative estimate of drug-likeness (QED) is 0.646. The molecule has 0 bridgehead atoms. The Kier molecular flexibility index (Phi) is 6.52. The number of ether oxygens (including phenoxy) is 1. The van der Waals surface area contributed by atoms with Crippen molar-refractivity contribution in [3.63, 3.8) is 0 Å². The molecule has 1 atom stereocenters. The van der Waals surface area contributed by atoms with Gasteiger partial charge in [0.1, 0.15) is 0 Å². The van der Waals surface area contributed by atoms with Crippen LogP contribution in [0, 0.1) is 5.41 Å². The van der Waals surface area contributed by atoms with E-state index < -0.39 is 10.0 Å². The number of benzene rings is 1. The zero-order valence-corrected chi connectivity index (χ0v) is 16.6. The number of carbonyl (C=O) groups is 1. The van der Waals surface area contributed by atoms with Gasteiger partial charge in [0, 0.05) is 25.3 Å². The van der Waals surface area contributed by atoms with Crippen molar-refractivity contribution in [3.05, 3.63) is 29.8 Å². The largest absolute Gasteiger partial charge is 0.377 e. The Morgan fingerprint density at radius 3 is 2.59 bits per heavy atom. The molecule has 2 saturated heterocycles. The molecule has 150 valence electrons. The first-order chi connectivity index (χ1) is 12.9. The van der Waals surface area contributed by atoms with Gasteiger partial charge in [0.05, 0.1) is 11.0 Å². The van der Waals surface area contributed by atoms with Gasteiger partial charge < -0.3 is 15.4 Å². The Labute approximate surface area is 161 Å². The van der Waals surface area contributed by atoms with Crippen molar-refractivity contribution < 1.29 is 17.9 Å². The molecule has 2 aliphatic rings. The zero-order chi connectivity index (χ0) is 19.3. The summed E-state index contributed by atoms with van der Waals surface area (Å²) in [4.78, 5) is 12.5. The van der Waals surface area contributed by atoms with E-state index in [-0.39, 0.29) is 28.9 Å². The second kappa shape index (κ2) is 8.68. The van der Waals surface area contributed by atoms with Crippen LogP contribution >= 0.6 is 0 Å². The van der Waals surface area contributed by atoms with Crippen LogP contribution in [0.4, 0.5) is 0 Å². The number of piperidine rings is 1. The van der Waals surface area contributed by atoms with E-state index >= 15 is 0 Å². The summed E-state index contributed by atoms with van der Waals surface area (Å²) in [6.45, 7) is 5.71. The fourth-order valence-electron chi connectivity index (χ4n) is 3.48. The predicted octanol–water partition coefficient (Wildman–Crippen LogP) is 1.26. The topological polar surface area (TPSA) is 96.5 Å². The van der Waals surface area contributed by atoms with E-state index in [2.05, 4.69) is 22.3 Å². The molecule has 3 N–H and O–H groups in total. The molecule has 7 nitrogen and oxygen atoms in total. The van der Waals surface area contributed by atoms with E-state index in [4.69, 9.17) is 4.74 Å². The molecule has 1 aromatic carbocycles. The Morgan fingerprint density at radius 1 is 1.26 bits per heavy atom. The summed E-state index contributed by atoms with van der Waals surface area (Å²) in [5, 5.41) is 6.31. The van der Waals surface area contributed by atoms with Crippen molar-refractivity contribution in [2.75, 3.05) is 32.8 Å². The van der Waals surface area contributed by atoms with Gasteiger partial charge in [-0.25, -0.2) is 13.1 Å². The van der Waals surface area contributed by atoms with Crippen molar-refractivity contribution >= 4 is 15.9 Å². The molecule has 0 aliphatic carbocycles. The van der Waals surface area contributed by atoms with Crippen molar-refractivity contribution in [1.29, 1.82) is 0 Å². The average molecular weight is 396 g/mol. The monoisotopic (exact) mass is 395 g/mol. The third-order valence-corrected chi connectivity index (χ3v) is 6.88. The van der Waals surface area contributed by atoms with Crippen LogP contribution in [0.2, 0.25) is 0 Å². The van der Waals surface area contributed by atoms with Crippen molar-refractivity contribution in [2.24, 2.45) is 5.41 Å². The Balaban J connectivity index is 1.54. The van der Waals surface area contributed by atoms with Gasteiger partial charge in [0.25, 0.3) is 5.91 Å². The SMILES string of the molecule is CC1(CNC(=O)c2ccc(S(=O)(=O)NCC3CCCO3)cc2)CCNCC1. The third kappa shape index (κ3) is 5.51. The summed E-state index contributed by atoms with van der Waals surface area (Å²) in [5.74, 6) is -0.175. The van der Waals surface area contributed by atoms with Gasteiger partial charge >= 0.3 is 0 Å². The minimum Gasteiger partial charge on any atom is -0.377 e. The van der Waals surface area contributed by atoms with E-state index in [1.54, 1.807) is 12.1 Å². The molecular formula is C19H29N3O4S. The van der Waals surface area contributed by atoms with Gasteiger partial charge in [-0.05, 0) is 68.5 Å². The number of rotatable bonds is 7. The summed E-state index contributed by atoms with van der Waals surface area (Å²) in [5.41, 5.74) is 0.571. The lowest BCUT2D eigenvalue weighted by Crippen LogP contribution is -2.42. The van der Waals surface area contributed by atoms with Gasteiger partial charge in [0.2, 0.25) is 10.0 Å². The molecule has 2 heterocycles. The number of hydrogen-bond donors (Lipinski definition) is 3. The van der Waals surface area contributed by atoms with E-state index in [1.165, 1.54) is 12.1 Å². The van der Waals surface area contributed by atoms with Gasteiger partial charge in [-0.3, -0.25) is 4.79 Å². The zero-order valence-electron chi connectivity index (χ0n) is 15.8. The maximum absolute atomic E-state index is 12.4. The second-order valence-corrected chi connectivity index (χ2v) is 9.52. The smallest absolute Gasteiger partial charge is 0.251 e. The van der Waals surface area contributed by atoms with Gasteiger partial charge in [-0.1, -0.05) is 6.92 Å². The Hall–Kier alpha value is -1.48. The summed E-state index contributed by atoms with van der Waals surface area (Å²) < 4.78 is 32.8. The average Bonchev–Trinajstić information content (AvgIpc) is 3.19. The highest BCUT2D eigenvalue weighted by Crippen LogP contribution is 2.26. The normalized spacial score (nSPS) is 22.5. The lowest BCUT2D eigenvalue weighted by Gasteiger charge is -2.34. The Morgan fingerprint density at radius 2 is 1.96 bits per heavy atom. The first-order valence-corrected chi connectivity index (χ1v) is 11.1. The van der Waals surface area contributed by atoms with Crippen LogP contribution in [-0.4, -0.2) is 53.2 Å².